The second-order valence-corrected chi connectivity index (χ2v) is 6.82. The van der Waals surface area contributed by atoms with Crippen molar-refractivity contribution in [2.24, 2.45) is 0 Å². The van der Waals surface area contributed by atoms with Gasteiger partial charge in [-0.1, -0.05) is 38.5 Å². The van der Waals surface area contributed by atoms with Gasteiger partial charge in [0.25, 0.3) is 11.8 Å². The zero-order chi connectivity index (χ0) is 19.2. The van der Waals surface area contributed by atoms with E-state index in [2.05, 4.69) is 24.5 Å². The maximum Gasteiger partial charge on any atom is 0.256 e. The van der Waals surface area contributed by atoms with Crippen LogP contribution in [0, 0.1) is 0 Å². The zero-order valence-electron chi connectivity index (χ0n) is 16.0. The van der Waals surface area contributed by atoms with E-state index >= 15 is 0 Å². The van der Waals surface area contributed by atoms with Gasteiger partial charge in [0, 0.05) is 35.5 Å². The number of hydrogen-bond acceptors (Lipinski definition) is 3. The largest absolute Gasteiger partial charge is 0.361 e. The summed E-state index contributed by atoms with van der Waals surface area (Å²) in [4.78, 5) is 26.7. The standard InChI is InChI=1S/C22H27N3O2/c1-3-5-14-23-21(26)16-10-12-17(13-11-16)24-20-18-8-6-7-9-19(18)22(27)25(20)15-4-2/h6-13,20,24H,3-5,14-15H2,1-2H3,(H,23,26). The first kappa shape index (κ1) is 19.0. The van der Waals surface area contributed by atoms with E-state index in [0.717, 1.165) is 36.1 Å². The summed E-state index contributed by atoms with van der Waals surface area (Å²) < 4.78 is 0. The van der Waals surface area contributed by atoms with E-state index in [1.165, 1.54) is 0 Å². The Bertz CT molecular complexity index is 801. The Labute approximate surface area is 160 Å². The average Bonchev–Trinajstić information content (AvgIpc) is 2.95. The molecule has 1 aliphatic rings. The number of benzene rings is 2. The van der Waals surface area contributed by atoms with Crippen molar-refractivity contribution >= 4 is 17.5 Å². The van der Waals surface area contributed by atoms with E-state index in [1.807, 2.05) is 53.4 Å². The monoisotopic (exact) mass is 365 g/mol. The van der Waals surface area contributed by atoms with E-state index in [-0.39, 0.29) is 18.0 Å². The van der Waals surface area contributed by atoms with Gasteiger partial charge < -0.3 is 15.5 Å². The van der Waals surface area contributed by atoms with Crippen molar-refractivity contribution in [1.29, 1.82) is 0 Å². The van der Waals surface area contributed by atoms with Crippen molar-refractivity contribution in [2.45, 2.75) is 39.3 Å². The van der Waals surface area contributed by atoms with Gasteiger partial charge >= 0.3 is 0 Å². The molecule has 0 fully saturated rings. The third kappa shape index (κ3) is 4.13. The van der Waals surface area contributed by atoms with Crippen molar-refractivity contribution in [3.05, 3.63) is 65.2 Å². The highest BCUT2D eigenvalue weighted by Crippen LogP contribution is 2.34. The van der Waals surface area contributed by atoms with Crippen molar-refractivity contribution < 1.29 is 9.59 Å². The second kappa shape index (κ2) is 8.71. The summed E-state index contributed by atoms with van der Waals surface area (Å²) in [6, 6.07) is 15.2. The molecule has 0 saturated carbocycles. The van der Waals surface area contributed by atoms with Crippen LogP contribution in [0.3, 0.4) is 0 Å². The van der Waals surface area contributed by atoms with E-state index in [1.54, 1.807) is 0 Å². The Hall–Kier alpha value is -2.82. The predicted octanol–water partition coefficient (Wildman–Crippen LogP) is 4.19. The first-order valence-corrected chi connectivity index (χ1v) is 9.70. The lowest BCUT2D eigenvalue weighted by Gasteiger charge is -2.26. The Kier molecular flexibility index (Phi) is 6.12. The van der Waals surface area contributed by atoms with E-state index < -0.39 is 0 Å². The van der Waals surface area contributed by atoms with Crippen LogP contribution in [0.2, 0.25) is 0 Å². The van der Waals surface area contributed by atoms with Gasteiger partial charge in [0.2, 0.25) is 0 Å². The molecule has 2 aromatic carbocycles. The van der Waals surface area contributed by atoms with Crippen molar-refractivity contribution in [3.8, 4) is 0 Å². The van der Waals surface area contributed by atoms with Crippen molar-refractivity contribution in [1.82, 2.24) is 10.2 Å². The normalized spacial score (nSPS) is 15.6. The third-order valence-corrected chi connectivity index (χ3v) is 4.79. The highest BCUT2D eigenvalue weighted by molar-refractivity contribution is 5.99. The number of carbonyl (C=O) groups is 2. The lowest BCUT2D eigenvalue weighted by Crippen LogP contribution is -2.33. The number of carbonyl (C=O) groups excluding carboxylic acids is 2. The van der Waals surface area contributed by atoms with E-state index in [4.69, 9.17) is 0 Å². The summed E-state index contributed by atoms with van der Waals surface area (Å²) in [6.45, 7) is 5.56. The lowest BCUT2D eigenvalue weighted by atomic mass is 10.1. The molecule has 2 N–H and O–H groups in total. The maximum atomic E-state index is 12.7. The molecular weight excluding hydrogens is 338 g/mol. The molecular formula is C22H27N3O2. The SMILES string of the molecule is CCCCNC(=O)c1ccc(NC2c3ccccc3C(=O)N2CCC)cc1. The molecule has 0 saturated heterocycles. The predicted molar refractivity (Wildman–Crippen MR) is 108 cm³/mol. The first-order valence-electron chi connectivity index (χ1n) is 9.70. The fourth-order valence-electron chi connectivity index (χ4n) is 3.35. The number of rotatable bonds is 8. The Morgan fingerprint density at radius 2 is 1.78 bits per heavy atom. The average molecular weight is 365 g/mol. The van der Waals surface area contributed by atoms with Crippen LogP contribution in [0.1, 0.15) is 65.6 Å². The van der Waals surface area contributed by atoms with Crippen LogP contribution in [0.25, 0.3) is 0 Å². The molecule has 0 radical (unpaired) electrons. The lowest BCUT2D eigenvalue weighted by molar-refractivity contribution is 0.0743. The van der Waals surface area contributed by atoms with Crippen LogP contribution in [-0.2, 0) is 0 Å². The van der Waals surface area contributed by atoms with Gasteiger partial charge in [-0.3, -0.25) is 9.59 Å². The molecule has 1 aliphatic heterocycles. The van der Waals surface area contributed by atoms with Crippen LogP contribution < -0.4 is 10.6 Å². The van der Waals surface area contributed by atoms with Crippen molar-refractivity contribution in [2.75, 3.05) is 18.4 Å². The van der Waals surface area contributed by atoms with Crippen LogP contribution in [0.5, 0.6) is 0 Å². The fourth-order valence-corrected chi connectivity index (χ4v) is 3.35. The number of anilines is 1. The summed E-state index contributed by atoms with van der Waals surface area (Å²) in [5.41, 5.74) is 3.29. The van der Waals surface area contributed by atoms with E-state index in [0.29, 0.717) is 18.7 Å². The molecule has 5 nitrogen and oxygen atoms in total. The minimum Gasteiger partial charge on any atom is -0.361 e. The molecule has 2 amide bonds. The second-order valence-electron chi connectivity index (χ2n) is 6.82. The quantitative estimate of drug-likeness (QED) is 0.690. The Balaban J connectivity index is 1.74. The zero-order valence-corrected chi connectivity index (χ0v) is 16.0. The Morgan fingerprint density at radius 1 is 1.04 bits per heavy atom. The fraction of sp³-hybridized carbons (Fsp3) is 0.364. The van der Waals surface area contributed by atoms with Gasteiger partial charge in [0.05, 0.1) is 0 Å². The smallest absolute Gasteiger partial charge is 0.256 e. The molecule has 3 rings (SSSR count). The van der Waals surface area contributed by atoms with Crippen molar-refractivity contribution in [3.63, 3.8) is 0 Å². The number of unbranched alkanes of at least 4 members (excludes halogenated alkanes) is 1. The maximum absolute atomic E-state index is 12.7. The summed E-state index contributed by atoms with van der Waals surface area (Å²) >= 11 is 0. The van der Waals surface area contributed by atoms with Gasteiger partial charge in [-0.15, -0.1) is 0 Å². The molecule has 0 aliphatic carbocycles. The van der Waals surface area contributed by atoms with Crippen LogP contribution >= 0.6 is 0 Å². The molecule has 0 bridgehead atoms. The molecule has 1 atom stereocenters. The summed E-state index contributed by atoms with van der Waals surface area (Å²) in [5.74, 6) is 0.0147. The topological polar surface area (TPSA) is 61.4 Å². The molecule has 1 heterocycles. The number of nitrogens with one attached hydrogen (secondary N) is 2. The summed E-state index contributed by atoms with van der Waals surface area (Å²) in [7, 11) is 0. The molecule has 0 aromatic heterocycles. The molecule has 2 aromatic rings. The molecule has 142 valence electrons. The van der Waals surface area contributed by atoms with Gasteiger partial charge in [-0.25, -0.2) is 0 Å². The molecule has 5 heteroatoms. The number of fused-ring (bicyclic) bond motifs is 1. The van der Waals surface area contributed by atoms with Crippen LogP contribution in [0.4, 0.5) is 5.69 Å². The molecule has 27 heavy (non-hydrogen) atoms. The summed E-state index contributed by atoms with van der Waals surface area (Å²) in [6.07, 6.45) is 2.75. The van der Waals surface area contributed by atoms with Gasteiger partial charge in [-0.2, -0.15) is 0 Å². The van der Waals surface area contributed by atoms with Gasteiger partial charge in [0.1, 0.15) is 6.17 Å². The number of amides is 2. The van der Waals surface area contributed by atoms with Gasteiger partial charge in [-0.05, 0) is 43.2 Å². The molecule has 1 unspecified atom stereocenters. The van der Waals surface area contributed by atoms with Gasteiger partial charge in [0.15, 0.2) is 0 Å². The molecule has 0 spiro atoms. The highest BCUT2D eigenvalue weighted by Gasteiger charge is 2.35. The minimum atomic E-state index is -0.183. The highest BCUT2D eigenvalue weighted by atomic mass is 16.2. The Morgan fingerprint density at radius 3 is 2.48 bits per heavy atom. The third-order valence-electron chi connectivity index (χ3n) is 4.79. The first-order chi connectivity index (χ1) is 13.2. The number of hydrogen-bond donors (Lipinski definition) is 2. The van der Waals surface area contributed by atoms with Crippen LogP contribution in [-0.4, -0.2) is 29.8 Å². The summed E-state index contributed by atoms with van der Waals surface area (Å²) in [5, 5.41) is 6.38. The van der Waals surface area contributed by atoms with Crippen LogP contribution in [0.15, 0.2) is 48.5 Å². The van der Waals surface area contributed by atoms with E-state index in [9.17, 15) is 9.59 Å². The number of nitrogens with zero attached hydrogens (tertiary/aromatic N) is 1. The minimum absolute atomic E-state index is 0.0519.